The molecule has 0 unspecified atom stereocenters. The highest BCUT2D eigenvalue weighted by Crippen LogP contribution is 2.25. The summed E-state index contributed by atoms with van der Waals surface area (Å²) >= 11 is 1.57. The zero-order valence-electron chi connectivity index (χ0n) is 11.3. The van der Waals surface area contributed by atoms with Gasteiger partial charge in [-0.3, -0.25) is 10.1 Å². The standard InChI is InChI=1S/C14H14N2O4S/c1-2-9-5-6-21-13(9)8-15-12-7-10(16(19)20)3-4-11(12)14(17)18/h3-7,15H,2,8H2,1H3,(H,17,18). The van der Waals surface area contributed by atoms with E-state index in [1.165, 1.54) is 23.8 Å². The summed E-state index contributed by atoms with van der Waals surface area (Å²) in [6, 6.07) is 5.71. The summed E-state index contributed by atoms with van der Waals surface area (Å²) in [7, 11) is 0. The second-order valence-corrected chi connectivity index (χ2v) is 5.37. The van der Waals surface area contributed by atoms with E-state index >= 15 is 0 Å². The van der Waals surface area contributed by atoms with Crippen LogP contribution in [0.1, 0.15) is 27.7 Å². The van der Waals surface area contributed by atoms with Crippen LogP contribution in [0.15, 0.2) is 29.6 Å². The summed E-state index contributed by atoms with van der Waals surface area (Å²) < 4.78 is 0. The first kappa shape index (κ1) is 15.0. The largest absolute Gasteiger partial charge is 0.478 e. The number of aromatic carboxylic acids is 1. The molecule has 1 aromatic carbocycles. The van der Waals surface area contributed by atoms with Gasteiger partial charge in [-0.05, 0) is 29.5 Å². The van der Waals surface area contributed by atoms with Crippen LogP contribution in [0.2, 0.25) is 0 Å². The zero-order valence-corrected chi connectivity index (χ0v) is 12.1. The van der Waals surface area contributed by atoms with E-state index in [-0.39, 0.29) is 16.9 Å². The van der Waals surface area contributed by atoms with Crippen LogP contribution in [0, 0.1) is 10.1 Å². The van der Waals surface area contributed by atoms with Crippen molar-refractivity contribution in [3.8, 4) is 0 Å². The number of nitro benzene ring substituents is 1. The second-order valence-electron chi connectivity index (χ2n) is 4.37. The molecule has 21 heavy (non-hydrogen) atoms. The van der Waals surface area contributed by atoms with E-state index in [1.807, 2.05) is 18.4 Å². The fraction of sp³-hybridized carbons (Fsp3) is 0.214. The maximum atomic E-state index is 11.2. The smallest absolute Gasteiger partial charge is 0.337 e. The maximum absolute atomic E-state index is 11.2. The highest BCUT2D eigenvalue weighted by molar-refractivity contribution is 7.10. The van der Waals surface area contributed by atoms with Gasteiger partial charge in [0.05, 0.1) is 16.2 Å². The first-order valence-corrected chi connectivity index (χ1v) is 7.21. The van der Waals surface area contributed by atoms with Crippen molar-refractivity contribution in [1.82, 2.24) is 0 Å². The van der Waals surface area contributed by atoms with Crippen molar-refractivity contribution in [1.29, 1.82) is 0 Å². The number of carbonyl (C=O) groups is 1. The van der Waals surface area contributed by atoms with Gasteiger partial charge in [0, 0.05) is 23.6 Å². The summed E-state index contributed by atoms with van der Waals surface area (Å²) in [4.78, 5) is 22.5. The van der Waals surface area contributed by atoms with E-state index in [4.69, 9.17) is 5.11 Å². The molecular weight excluding hydrogens is 292 g/mol. The third-order valence-corrected chi connectivity index (χ3v) is 4.07. The Morgan fingerprint density at radius 1 is 1.43 bits per heavy atom. The number of hydrogen-bond donors (Lipinski definition) is 2. The Bertz CT molecular complexity index is 681. The third-order valence-electron chi connectivity index (χ3n) is 3.10. The predicted molar refractivity (Wildman–Crippen MR) is 81.1 cm³/mol. The van der Waals surface area contributed by atoms with E-state index in [9.17, 15) is 14.9 Å². The average Bonchev–Trinajstić information content (AvgIpc) is 2.91. The fourth-order valence-electron chi connectivity index (χ4n) is 1.99. The van der Waals surface area contributed by atoms with Gasteiger partial charge in [0.15, 0.2) is 0 Å². The molecule has 1 heterocycles. The van der Waals surface area contributed by atoms with Crippen molar-refractivity contribution in [2.24, 2.45) is 0 Å². The van der Waals surface area contributed by atoms with Gasteiger partial charge in [-0.2, -0.15) is 0 Å². The molecule has 0 fully saturated rings. The van der Waals surface area contributed by atoms with E-state index in [2.05, 4.69) is 5.32 Å². The van der Waals surface area contributed by atoms with Crippen LogP contribution < -0.4 is 5.32 Å². The molecule has 0 aliphatic rings. The third kappa shape index (κ3) is 3.38. The summed E-state index contributed by atoms with van der Waals surface area (Å²) in [6.07, 6.45) is 0.890. The highest BCUT2D eigenvalue weighted by atomic mass is 32.1. The van der Waals surface area contributed by atoms with Crippen molar-refractivity contribution in [2.75, 3.05) is 5.32 Å². The first-order chi connectivity index (χ1) is 10.0. The number of non-ortho nitro benzene ring substituents is 1. The van der Waals surface area contributed by atoms with Crippen LogP contribution in [0.25, 0.3) is 0 Å². The van der Waals surface area contributed by atoms with Crippen LogP contribution in [-0.2, 0) is 13.0 Å². The monoisotopic (exact) mass is 306 g/mol. The number of nitro groups is 1. The number of nitrogens with one attached hydrogen (secondary N) is 1. The Morgan fingerprint density at radius 2 is 2.19 bits per heavy atom. The number of aryl methyl sites for hydroxylation is 1. The quantitative estimate of drug-likeness (QED) is 0.629. The average molecular weight is 306 g/mol. The molecule has 0 bridgehead atoms. The molecule has 0 aliphatic heterocycles. The molecule has 110 valence electrons. The molecule has 2 N–H and O–H groups in total. The van der Waals surface area contributed by atoms with Gasteiger partial charge in [-0.1, -0.05) is 6.92 Å². The molecule has 0 spiro atoms. The number of carboxylic acids is 1. The number of carboxylic acid groups (broad SMARTS) is 1. The number of benzene rings is 1. The topological polar surface area (TPSA) is 92.5 Å². The fourth-order valence-corrected chi connectivity index (χ4v) is 2.91. The van der Waals surface area contributed by atoms with E-state index in [0.717, 1.165) is 11.3 Å². The number of anilines is 1. The first-order valence-electron chi connectivity index (χ1n) is 6.33. The van der Waals surface area contributed by atoms with Crippen LogP contribution in [0.3, 0.4) is 0 Å². The summed E-state index contributed by atoms with van der Waals surface area (Å²) in [5.41, 5.74) is 1.33. The predicted octanol–water partition coefficient (Wildman–Crippen LogP) is 3.53. The lowest BCUT2D eigenvalue weighted by Gasteiger charge is -2.09. The number of nitrogens with zero attached hydrogens (tertiary/aromatic N) is 1. The molecule has 7 heteroatoms. The molecule has 0 saturated heterocycles. The summed E-state index contributed by atoms with van der Waals surface area (Å²) in [5, 5.41) is 24.9. The van der Waals surface area contributed by atoms with Crippen molar-refractivity contribution in [2.45, 2.75) is 19.9 Å². The van der Waals surface area contributed by atoms with Crippen molar-refractivity contribution >= 4 is 28.7 Å². The van der Waals surface area contributed by atoms with Crippen molar-refractivity contribution in [3.63, 3.8) is 0 Å². The van der Waals surface area contributed by atoms with E-state index < -0.39 is 10.9 Å². The van der Waals surface area contributed by atoms with Gasteiger partial charge < -0.3 is 10.4 Å². The molecular formula is C14H14N2O4S. The lowest BCUT2D eigenvalue weighted by atomic mass is 10.1. The van der Waals surface area contributed by atoms with Crippen LogP contribution in [0.5, 0.6) is 0 Å². The second kappa shape index (κ2) is 6.36. The molecule has 2 rings (SSSR count). The van der Waals surface area contributed by atoms with E-state index in [1.54, 1.807) is 11.3 Å². The summed E-state index contributed by atoms with van der Waals surface area (Å²) in [6.45, 7) is 2.49. The molecule has 2 aromatic rings. The van der Waals surface area contributed by atoms with E-state index in [0.29, 0.717) is 6.54 Å². The molecule has 0 radical (unpaired) electrons. The Kier molecular flexibility index (Phi) is 4.54. The lowest BCUT2D eigenvalue weighted by Crippen LogP contribution is -2.07. The van der Waals surface area contributed by atoms with Crippen LogP contribution >= 0.6 is 11.3 Å². The summed E-state index contributed by atoms with van der Waals surface area (Å²) in [5.74, 6) is -1.12. The number of thiophene rings is 1. The maximum Gasteiger partial charge on any atom is 0.337 e. The van der Waals surface area contributed by atoms with Gasteiger partial charge in [0.1, 0.15) is 0 Å². The molecule has 0 saturated carbocycles. The number of hydrogen-bond acceptors (Lipinski definition) is 5. The minimum atomic E-state index is -1.12. The Morgan fingerprint density at radius 3 is 2.81 bits per heavy atom. The molecule has 1 aromatic heterocycles. The molecule has 0 atom stereocenters. The van der Waals surface area contributed by atoms with Crippen LogP contribution in [0.4, 0.5) is 11.4 Å². The van der Waals surface area contributed by atoms with Crippen molar-refractivity contribution < 1.29 is 14.8 Å². The SMILES string of the molecule is CCc1ccsc1CNc1cc([N+](=O)[O-])ccc1C(=O)O. The van der Waals surface area contributed by atoms with Gasteiger partial charge in [0.25, 0.3) is 5.69 Å². The van der Waals surface area contributed by atoms with Crippen molar-refractivity contribution in [3.05, 3.63) is 55.8 Å². The Hall–Kier alpha value is -2.41. The Balaban J connectivity index is 2.27. The minimum Gasteiger partial charge on any atom is -0.478 e. The highest BCUT2D eigenvalue weighted by Gasteiger charge is 2.15. The zero-order chi connectivity index (χ0) is 15.4. The van der Waals surface area contributed by atoms with Gasteiger partial charge in [-0.25, -0.2) is 4.79 Å². The van der Waals surface area contributed by atoms with Gasteiger partial charge in [-0.15, -0.1) is 11.3 Å². The lowest BCUT2D eigenvalue weighted by molar-refractivity contribution is -0.384. The molecule has 0 amide bonds. The Labute approximate surface area is 125 Å². The number of rotatable bonds is 6. The van der Waals surface area contributed by atoms with Gasteiger partial charge in [0.2, 0.25) is 0 Å². The molecule has 0 aliphatic carbocycles. The normalized spacial score (nSPS) is 10.3. The van der Waals surface area contributed by atoms with Gasteiger partial charge >= 0.3 is 5.97 Å². The molecule has 6 nitrogen and oxygen atoms in total. The van der Waals surface area contributed by atoms with Crippen LogP contribution in [-0.4, -0.2) is 16.0 Å². The minimum absolute atomic E-state index is 0.0233.